The maximum absolute atomic E-state index is 12.6. The number of halogens is 2. The smallest absolute Gasteiger partial charge is 0.263 e. The van der Waals surface area contributed by atoms with E-state index in [-0.39, 0.29) is 12.0 Å². The Bertz CT molecular complexity index is 629. The molecule has 3 nitrogen and oxygen atoms in total. The number of nitrogens with one attached hydrogen (secondary N) is 1. The maximum Gasteiger partial charge on any atom is 0.263 e. The Labute approximate surface area is 121 Å². The number of carbonyl (C=O) groups excluding carboxylic acids is 1. The molecule has 21 heavy (non-hydrogen) atoms. The summed E-state index contributed by atoms with van der Waals surface area (Å²) in [5, 5.41) is 3.15. The summed E-state index contributed by atoms with van der Waals surface area (Å²) in [5.41, 5.74) is 7.52. The summed E-state index contributed by atoms with van der Waals surface area (Å²) in [4.78, 5) is 11.0. The van der Waals surface area contributed by atoms with Crippen molar-refractivity contribution in [2.75, 3.05) is 5.32 Å². The molecule has 0 saturated carbocycles. The molecule has 5 heteroatoms. The number of alkyl halides is 2. The molecule has 0 aliphatic rings. The van der Waals surface area contributed by atoms with E-state index in [1.807, 2.05) is 24.3 Å². The number of hydrogen-bond donors (Lipinski definition) is 2. The monoisotopic (exact) mass is 290 g/mol. The van der Waals surface area contributed by atoms with Crippen LogP contribution < -0.4 is 11.1 Å². The molecule has 0 aromatic heterocycles. The molecule has 2 aromatic carbocycles. The summed E-state index contributed by atoms with van der Waals surface area (Å²) in [6.45, 7) is 0.399. The summed E-state index contributed by atoms with van der Waals surface area (Å²) < 4.78 is 25.3. The first kappa shape index (κ1) is 15.0. The van der Waals surface area contributed by atoms with Gasteiger partial charge in [0.25, 0.3) is 6.43 Å². The zero-order chi connectivity index (χ0) is 15.2. The van der Waals surface area contributed by atoms with Gasteiger partial charge in [-0.1, -0.05) is 36.4 Å². The van der Waals surface area contributed by atoms with Crippen molar-refractivity contribution < 1.29 is 13.6 Å². The average Bonchev–Trinajstić information content (AvgIpc) is 2.46. The minimum Gasteiger partial charge on any atom is -0.381 e. The standard InChI is InChI=1S/C16H16F2N2O/c17-16(18)13-6-3-4-11(8-13)10-20-14-7-2-1-5-12(14)9-15(19)21/h1-8,16,20H,9-10H2,(H2,19,21). The van der Waals surface area contributed by atoms with Crippen LogP contribution in [0.3, 0.4) is 0 Å². The lowest BCUT2D eigenvalue weighted by Crippen LogP contribution is -2.15. The van der Waals surface area contributed by atoms with Crippen molar-refractivity contribution in [1.29, 1.82) is 0 Å². The summed E-state index contributed by atoms with van der Waals surface area (Å²) >= 11 is 0. The normalized spacial score (nSPS) is 10.6. The van der Waals surface area contributed by atoms with Gasteiger partial charge in [-0.15, -0.1) is 0 Å². The van der Waals surface area contributed by atoms with Gasteiger partial charge >= 0.3 is 0 Å². The zero-order valence-corrected chi connectivity index (χ0v) is 11.4. The highest BCUT2D eigenvalue weighted by molar-refractivity contribution is 5.78. The van der Waals surface area contributed by atoms with E-state index in [0.29, 0.717) is 6.54 Å². The van der Waals surface area contributed by atoms with Gasteiger partial charge in [-0.3, -0.25) is 4.79 Å². The molecular weight excluding hydrogens is 274 g/mol. The van der Waals surface area contributed by atoms with Crippen LogP contribution >= 0.6 is 0 Å². The van der Waals surface area contributed by atoms with Crippen LogP contribution in [0.15, 0.2) is 48.5 Å². The molecule has 3 N–H and O–H groups in total. The molecule has 0 atom stereocenters. The van der Waals surface area contributed by atoms with Crippen molar-refractivity contribution in [2.45, 2.75) is 19.4 Å². The van der Waals surface area contributed by atoms with Gasteiger partial charge in [-0.05, 0) is 23.3 Å². The van der Waals surface area contributed by atoms with Gasteiger partial charge in [-0.25, -0.2) is 8.78 Å². The van der Waals surface area contributed by atoms with E-state index in [1.165, 1.54) is 12.1 Å². The van der Waals surface area contributed by atoms with Crippen molar-refractivity contribution in [3.8, 4) is 0 Å². The lowest BCUT2D eigenvalue weighted by Gasteiger charge is -2.12. The first-order valence-electron chi connectivity index (χ1n) is 6.53. The van der Waals surface area contributed by atoms with Crippen LogP contribution in [-0.2, 0) is 17.8 Å². The van der Waals surface area contributed by atoms with Crippen molar-refractivity contribution >= 4 is 11.6 Å². The molecule has 110 valence electrons. The molecule has 1 amide bonds. The highest BCUT2D eigenvalue weighted by atomic mass is 19.3. The minimum atomic E-state index is -2.48. The van der Waals surface area contributed by atoms with Crippen LogP contribution in [0.25, 0.3) is 0 Å². The molecule has 0 bridgehead atoms. The summed E-state index contributed by atoms with van der Waals surface area (Å²) in [7, 11) is 0. The quantitative estimate of drug-likeness (QED) is 0.858. The first-order chi connectivity index (χ1) is 10.1. The molecule has 0 radical (unpaired) electrons. The van der Waals surface area contributed by atoms with Crippen LogP contribution in [0.1, 0.15) is 23.1 Å². The van der Waals surface area contributed by atoms with E-state index >= 15 is 0 Å². The SMILES string of the molecule is NC(=O)Cc1ccccc1NCc1cccc(C(F)F)c1. The lowest BCUT2D eigenvalue weighted by atomic mass is 10.1. The highest BCUT2D eigenvalue weighted by Crippen LogP contribution is 2.21. The fraction of sp³-hybridized carbons (Fsp3) is 0.188. The second-order valence-electron chi connectivity index (χ2n) is 4.70. The summed E-state index contributed by atoms with van der Waals surface area (Å²) in [6.07, 6.45) is -2.34. The number of rotatable bonds is 6. The van der Waals surface area contributed by atoms with Crippen LogP contribution in [0.4, 0.5) is 14.5 Å². The second-order valence-corrected chi connectivity index (χ2v) is 4.70. The van der Waals surface area contributed by atoms with Gasteiger partial charge in [0.2, 0.25) is 5.91 Å². The summed E-state index contributed by atoms with van der Waals surface area (Å²) in [6, 6.07) is 13.5. The fourth-order valence-electron chi connectivity index (χ4n) is 2.07. The number of primary amides is 1. The summed E-state index contributed by atoms with van der Waals surface area (Å²) in [5.74, 6) is -0.413. The van der Waals surface area contributed by atoms with Gasteiger partial charge in [0.05, 0.1) is 6.42 Å². The number of carbonyl (C=O) groups is 1. The van der Waals surface area contributed by atoms with Gasteiger partial charge in [-0.2, -0.15) is 0 Å². The topological polar surface area (TPSA) is 55.1 Å². The third-order valence-electron chi connectivity index (χ3n) is 3.07. The molecule has 0 aliphatic carbocycles. The molecule has 0 heterocycles. The third-order valence-corrected chi connectivity index (χ3v) is 3.07. The molecule has 2 aromatic rings. The van der Waals surface area contributed by atoms with Crippen molar-refractivity contribution in [3.63, 3.8) is 0 Å². The van der Waals surface area contributed by atoms with Crippen LogP contribution in [-0.4, -0.2) is 5.91 Å². The lowest BCUT2D eigenvalue weighted by molar-refractivity contribution is -0.117. The molecular formula is C16H16F2N2O. The van der Waals surface area contributed by atoms with Gasteiger partial charge in [0.1, 0.15) is 0 Å². The minimum absolute atomic E-state index is 0.000258. The Morgan fingerprint density at radius 2 is 1.90 bits per heavy atom. The number of anilines is 1. The van der Waals surface area contributed by atoms with Crippen LogP contribution in [0.2, 0.25) is 0 Å². The number of hydrogen-bond acceptors (Lipinski definition) is 2. The van der Waals surface area contributed by atoms with Crippen molar-refractivity contribution in [2.24, 2.45) is 5.73 Å². The molecule has 0 aliphatic heterocycles. The number of benzene rings is 2. The van der Waals surface area contributed by atoms with Gasteiger partial charge < -0.3 is 11.1 Å². The Balaban J connectivity index is 2.09. The predicted octanol–water partition coefficient (Wildman–Crippen LogP) is 3.26. The molecule has 0 unspecified atom stereocenters. The van der Waals surface area contributed by atoms with E-state index in [1.54, 1.807) is 12.1 Å². The van der Waals surface area contributed by atoms with Crippen LogP contribution in [0.5, 0.6) is 0 Å². The van der Waals surface area contributed by atoms with E-state index in [0.717, 1.165) is 16.8 Å². The number of nitrogens with two attached hydrogens (primary N) is 1. The van der Waals surface area contributed by atoms with Gasteiger partial charge in [0, 0.05) is 17.8 Å². The fourth-order valence-corrected chi connectivity index (χ4v) is 2.07. The largest absolute Gasteiger partial charge is 0.381 e. The van der Waals surface area contributed by atoms with E-state index in [2.05, 4.69) is 5.32 Å². The Morgan fingerprint density at radius 3 is 2.62 bits per heavy atom. The van der Waals surface area contributed by atoms with Crippen LogP contribution in [0, 0.1) is 0 Å². The first-order valence-corrected chi connectivity index (χ1v) is 6.53. The average molecular weight is 290 g/mol. The molecule has 2 rings (SSSR count). The second kappa shape index (κ2) is 6.83. The molecule has 0 spiro atoms. The maximum atomic E-state index is 12.6. The van der Waals surface area contributed by atoms with E-state index < -0.39 is 12.3 Å². The highest BCUT2D eigenvalue weighted by Gasteiger charge is 2.08. The third kappa shape index (κ3) is 4.27. The Morgan fingerprint density at radius 1 is 1.14 bits per heavy atom. The number of para-hydroxylation sites is 1. The van der Waals surface area contributed by atoms with Crippen molar-refractivity contribution in [1.82, 2.24) is 0 Å². The van der Waals surface area contributed by atoms with Gasteiger partial charge in [0.15, 0.2) is 0 Å². The van der Waals surface area contributed by atoms with E-state index in [9.17, 15) is 13.6 Å². The Kier molecular flexibility index (Phi) is 4.87. The molecule has 0 fully saturated rings. The van der Waals surface area contributed by atoms with E-state index in [4.69, 9.17) is 5.73 Å². The zero-order valence-electron chi connectivity index (χ0n) is 11.4. The van der Waals surface area contributed by atoms with Crippen molar-refractivity contribution in [3.05, 3.63) is 65.2 Å². The number of amides is 1. The predicted molar refractivity (Wildman–Crippen MR) is 78.1 cm³/mol. The Hall–Kier alpha value is -2.43. The molecule has 0 saturated heterocycles.